The van der Waals surface area contributed by atoms with E-state index in [-0.39, 0.29) is 0 Å². The van der Waals surface area contributed by atoms with Crippen LogP contribution in [0.2, 0.25) is 0 Å². The van der Waals surface area contributed by atoms with E-state index in [1.165, 1.54) is 12.3 Å². The molecular weight excluding hydrogens is 216 g/mol. The molecule has 0 unspecified atom stereocenters. The van der Waals surface area contributed by atoms with Crippen molar-refractivity contribution in [1.82, 2.24) is 4.98 Å². The van der Waals surface area contributed by atoms with Crippen LogP contribution < -0.4 is 0 Å². The number of hydrogen-bond donors (Lipinski definition) is 1. The third kappa shape index (κ3) is 1.60. The minimum absolute atomic E-state index is 0.348. The molecule has 0 fully saturated rings. The van der Waals surface area contributed by atoms with Gasteiger partial charge >= 0.3 is 11.9 Å². The first-order chi connectivity index (χ1) is 7.51. The quantitative estimate of drug-likeness (QED) is 0.850. The van der Waals surface area contributed by atoms with Crippen LogP contribution in [0.25, 0.3) is 10.9 Å². The standard InChI is InChI=1S/C11H7F2NO2/c12-11(13,10(15)16)8-4-3-7-2-1-5-14-9(7)6-8/h1-6H,(H,15,16). The Morgan fingerprint density at radius 2 is 2.06 bits per heavy atom. The summed E-state index contributed by atoms with van der Waals surface area (Å²) in [5.74, 6) is -6.05. The first kappa shape index (κ1) is 10.5. The molecule has 1 aromatic heterocycles. The second kappa shape index (κ2) is 3.52. The number of nitrogens with zero attached hydrogens (tertiary/aromatic N) is 1. The van der Waals surface area contributed by atoms with E-state index in [0.717, 1.165) is 12.1 Å². The third-order valence-electron chi connectivity index (χ3n) is 2.24. The number of aromatic nitrogens is 1. The molecule has 1 aromatic carbocycles. The molecule has 0 aliphatic heterocycles. The van der Waals surface area contributed by atoms with Crippen molar-refractivity contribution in [1.29, 1.82) is 0 Å². The molecule has 3 nitrogen and oxygen atoms in total. The van der Waals surface area contributed by atoms with Crippen molar-refractivity contribution in [3.05, 3.63) is 42.1 Å². The Morgan fingerprint density at radius 3 is 2.75 bits per heavy atom. The molecule has 0 aliphatic rings. The zero-order chi connectivity index (χ0) is 11.8. The van der Waals surface area contributed by atoms with Crippen molar-refractivity contribution in [3.63, 3.8) is 0 Å². The molecule has 2 rings (SSSR count). The summed E-state index contributed by atoms with van der Waals surface area (Å²) in [5.41, 5.74) is -0.216. The molecule has 82 valence electrons. The first-order valence-electron chi connectivity index (χ1n) is 4.48. The van der Waals surface area contributed by atoms with E-state index in [9.17, 15) is 13.6 Å². The summed E-state index contributed by atoms with van der Waals surface area (Å²) in [5, 5.41) is 9.08. The number of alkyl halides is 2. The molecule has 0 aliphatic carbocycles. The highest BCUT2D eigenvalue weighted by Crippen LogP contribution is 2.29. The van der Waals surface area contributed by atoms with E-state index in [2.05, 4.69) is 4.98 Å². The maximum atomic E-state index is 13.2. The number of fused-ring (bicyclic) bond motifs is 1. The Balaban J connectivity index is 2.59. The number of aliphatic carboxylic acids is 1. The lowest BCUT2D eigenvalue weighted by atomic mass is 10.1. The van der Waals surface area contributed by atoms with Gasteiger partial charge in [0.25, 0.3) is 0 Å². The van der Waals surface area contributed by atoms with Gasteiger partial charge in [-0.15, -0.1) is 0 Å². The largest absolute Gasteiger partial charge is 0.477 e. The third-order valence-corrected chi connectivity index (χ3v) is 2.24. The molecule has 16 heavy (non-hydrogen) atoms. The molecule has 5 heteroatoms. The number of hydrogen-bond acceptors (Lipinski definition) is 2. The van der Waals surface area contributed by atoms with E-state index in [0.29, 0.717) is 10.9 Å². The predicted octanol–water partition coefficient (Wildman–Crippen LogP) is 2.41. The lowest BCUT2D eigenvalue weighted by Gasteiger charge is -2.11. The monoisotopic (exact) mass is 223 g/mol. The molecule has 0 radical (unpaired) electrons. The number of carboxylic acid groups (broad SMARTS) is 1. The fourth-order valence-corrected chi connectivity index (χ4v) is 1.39. The molecule has 0 atom stereocenters. The molecule has 1 N–H and O–H groups in total. The maximum absolute atomic E-state index is 13.2. The summed E-state index contributed by atoms with van der Waals surface area (Å²) in [4.78, 5) is 14.3. The van der Waals surface area contributed by atoms with Gasteiger partial charge in [0.2, 0.25) is 0 Å². The minimum atomic E-state index is -3.88. The number of carboxylic acids is 1. The van der Waals surface area contributed by atoms with Crippen molar-refractivity contribution >= 4 is 16.9 Å². The van der Waals surface area contributed by atoms with Crippen molar-refractivity contribution < 1.29 is 18.7 Å². The average molecular weight is 223 g/mol. The van der Waals surface area contributed by atoms with Crippen molar-refractivity contribution in [2.45, 2.75) is 5.92 Å². The van der Waals surface area contributed by atoms with E-state index >= 15 is 0 Å². The topological polar surface area (TPSA) is 50.2 Å². The summed E-state index contributed by atoms with van der Waals surface area (Å²) in [6.45, 7) is 0. The Kier molecular flexibility index (Phi) is 2.30. The van der Waals surface area contributed by atoms with Crippen molar-refractivity contribution in [3.8, 4) is 0 Å². The summed E-state index contributed by atoms with van der Waals surface area (Å²) in [6.07, 6.45) is 1.46. The highest BCUT2D eigenvalue weighted by atomic mass is 19.3. The lowest BCUT2D eigenvalue weighted by molar-refractivity contribution is -0.166. The van der Waals surface area contributed by atoms with Crippen LogP contribution in [0.5, 0.6) is 0 Å². The van der Waals surface area contributed by atoms with E-state index in [1.54, 1.807) is 12.1 Å². The number of pyridine rings is 1. The van der Waals surface area contributed by atoms with Gasteiger partial charge in [0.1, 0.15) is 0 Å². The van der Waals surface area contributed by atoms with Gasteiger partial charge < -0.3 is 5.11 Å². The number of halogens is 2. The molecule has 0 amide bonds. The van der Waals surface area contributed by atoms with Crippen molar-refractivity contribution in [2.75, 3.05) is 0 Å². The van der Waals surface area contributed by atoms with Gasteiger partial charge in [-0.3, -0.25) is 4.98 Å². The Morgan fingerprint density at radius 1 is 1.31 bits per heavy atom. The second-order valence-corrected chi connectivity index (χ2v) is 3.29. The van der Waals surface area contributed by atoms with Crippen LogP contribution in [0.3, 0.4) is 0 Å². The predicted molar refractivity (Wildman–Crippen MR) is 53.3 cm³/mol. The van der Waals surface area contributed by atoms with Gasteiger partial charge in [0.05, 0.1) is 5.52 Å². The average Bonchev–Trinajstić information content (AvgIpc) is 2.28. The van der Waals surface area contributed by atoms with Crippen LogP contribution in [-0.2, 0) is 10.7 Å². The van der Waals surface area contributed by atoms with E-state index in [1.807, 2.05) is 0 Å². The zero-order valence-electron chi connectivity index (χ0n) is 8.02. The van der Waals surface area contributed by atoms with Crippen LogP contribution in [0.1, 0.15) is 5.56 Å². The summed E-state index contributed by atoms with van der Waals surface area (Å²) < 4.78 is 26.4. The molecular formula is C11H7F2NO2. The van der Waals surface area contributed by atoms with Crippen LogP contribution in [0.4, 0.5) is 8.78 Å². The minimum Gasteiger partial charge on any atom is -0.477 e. The summed E-state index contributed by atoms with van der Waals surface area (Å²) in [7, 11) is 0. The van der Waals surface area contributed by atoms with E-state index < -0.39 is 17.5 Å². The summed E-state index contributed by atoms with van der Waals surface area (Å²) >= 11 is 0. The van der Waals surface area contributed by atoms with Gasteiger partial charge in [-0.2, -0.15) is 8.78 Å². The van der Waals surface area contributed by atoms with Crippen LogP contribution in [-0.4, -0.2) is 16.1 Å². The molecule has 0 bridgehead atoms. The molecule has 0 saturated heterocycles. The van der Waals surface area contributed by atoms with Crippen molar-refractivity contribution in [2.24, 2.45) is 0 Å². The molecule has 1 heterocycles. The highest BCUT2D eigenvalue weighted by molar-refractivity contribution is 5.83. The summed E-state index contributed by atoms with van der Waals surface area (Å²) in [6, 6.07) is 7.00. The molecule has 0 saturated carbocycles. The van der Waals surface area contributed by atoms with Crippen LogP contribution in [0, 0.1) is 0 Å². The van der Waals surface area contributed by atoms with E-state index in [4.69, 9.17) is 5.11 Å². The van der Waals surface area contributed by atoms with Gasteiger partial charge in [0.15, 0.2) is 0 Å². The number of benzene rings is 1. The normalized spacial score (nSPS) is 11.6. The van der Waals surface area contributed by atoms with Gasteiger partial charge in [-0.05, 0) is 12.1 Å². The lowest BCUT2D eigenvalue weighted by Crippen LogP contribution is -2.25. The number of rotatable bonds is 2. The van der Waals surface area contributed by atoms with Gasteiger partial charge in [0, 0.05) is 17.1 Å². The maximum Gasteiger partial charge on any atom is 0.379 e. The number of carbonyl (C=O) groups is 1. The smallest absolute Gasteiger partial charge is 0.379 e. The van der Waals surface area contributed by atoms with Gasteiger partial charge in [-0.1, -0.05) is 18.2 Å². The Hall–Kier alpha value is -2.04. The fourth-order valence-electron chi connectivity index (χ4n) is 1.39. The first-order valence-corrected chi connectivity index (χ1v) is 4.48. The van der Waals surface area contributed by atoms with Crippen LogP contribution >= 0.6 is 0 Å². The molecule has 0 spiro atoms. The zero-order valence-corrected chi connectivity index (χ0v) is 8.02. The highest BCUT2D eigenvalue weighted by Gasteiger charge is 2.41. The van der Waals surface area contributed by atoms with Gasteiger partial charge in [-0.25, -0.2) is 4.79 Å². The fraction of sp³-hybridized carbons (Fsp3) is 0.0909. The molecule has 2 aromatic rings. The second-order valence-electron chi connectivity index (χ2n) is 3.29. The Labute approximate surface area is 89.3 Å². The SMILES string of the molecule is O=C(O)C(F)(F)c1ccc2cccnc2c1. The van der Waals surface area contributed by atoms with Crippen LogP contribution in [0.15, 0.2) is 36.5 Å². The Bertz CT molecular complexity index is 554.